The Morgan fingerprint density at radius 1 is 1.19 bits per heavy atom. The highest BCUT2D eigenvalue weighted by Crippen LogP contribution is 2.35. The highest BCUT2D eigenvalue weighted by atomic mass is 16.2. The Bertz CT molecular complexity index is 762. The van der Waals surface area contributed by atoms with Crippen LogP contribution in [0.25, 0.3) is 0 Å². The van der Waals surface area contributed by atoms with Crippen LogP contribution in [-0.4, -0.2) is 40.3 Å². The van der Waals surface area contributed by atoms with Gasteiger partial charge in [0.15, 0.2) is 0 Å². The number of hydrogen-bond donors (Lipinski definition) is 2. The largest absolute Gasteiger partial charge is 0.370 e. The highest BCUT2D eigenvalue weighted by molar-refractivity contribution is 5.79. The lowest BCUT2D eigenvalue weighted by Crippen LogP contribution is -2.33. The number of fused-ring (bicyclic) bond motifs is 1. The summed E-state index contributed by atoms with van der Waals surface area (Å²) in [4.78, 5) is 14.3. The molecule has 138 valence electrons. The fraction of sp³-hybridized carbons (Fsp3) is 0.500. The van der Waals surface area contributed by atoms with Crippen molar-refractivity contribution in [1.82, 2.24) is 14.7 Å². The maximum Gasteiger partial charge on any atom is 0.341 e. The Morgan fingerprint density at radius 3 is 2.69 bits per heavy atom. The molecule has 3 heterocycles. The fourth-order valence-corrected chi connectivity index (χ4v) is 4.22. The molecule has 0 spiro atoms. The number of primary amides is 1. The molecule has 1 fully saturated rings. The minimum Gasteiger partial charge on any atom is -0.370 e. The minimum atomic E-state index is -0.497. The van der Waals surface area contributed by atoms with Crippen LogP contribution in [0.3, 0.4) is 0 Å². The summed E-state index contributed by atoms with van der Waals surface area (Å²) >= 11 is 0. The zero-order valence-corrected chi connectivity index (χ0v) is 15.2. The highest BCUT2D eigenvalue weighted by Gasteiger charge is 2.29. The monoisotopic (exact) mass is 353 g/mol. The number of nitrogens with zero attached hydrogens (tertiary/aromatic N) is 3. The molecule has 26 heavy (non-hydrogen) atoms. The summed E-state index contributed by atoms with van der Waals surface area (Å²) in [6, 6.07) is 10.1. The number of hydrogen-bond acceptors (Lipinski definition) is 4. The summed E-state index contributed by atoms with van der Waals surface area (Å²) in [5.74, 6) is 1.24. The molecule has 0 atom stereocenters. The molecule has 2 aromatic rings. The topological polar surface area (TPSA) is 76.2 Å². The van der Waals surface area contributed by atoms with E-state index in [4.69, 9.17) is 5.73 Å². The molecule has 0 bridgehead atoms. The molecule has 0 aliphatic carbocycles. The number of nitrogens with one attached hydrogen (secondary N) is 1. The van der Waals surface area contributed by atoms with Gasteiger partial charge in [-0.2, -0.15) is 9.78 Å². The molecular formula is C20H27N5O. The Kier molecular flexibility index (Phi) is 4.93. The van der Waals surface area contributed by atoms with Gasteiger partial charge in [0.25, 0.3) is 0 Å². The molecule has 1 aromatic heterocycles. The zero-order valence-electron chi connectivity index (χ0n) is 15.2. The number of piperidine rings is 1. The van der Waals surface area contributed by atoms with Crippen molar-refractivity contribution in [3.63, 3.8) is 0 Å². The summed E-state index contributed by atoms with van der Waals surface area (Å²) in [5, 5.41) is 7.99. The second kappa shape index (κ2) is 7.50. The number of nitrogens with two attached hydrogens (primary N) is 1. The maximum absolute atomic E-state index is 11.8. The predicted octanol–water partition coefficient (Wildman–Crippen LogP) is 2.94. The molecule has 1 saturated heterocycles. The number of anilines is 1. The van der Waals surface area contributed by atoms with Gasteiger partial charge in [-0.1, -0.05) is 30.3 Å². The van der Waals surface area contributed by atoms with Crippen LogP contribution in [0.1, 0.15) is 48.4 Å². The first-order chi connectivity index (χ1) is 12.7. The van der Waals surface area contributed by atoms with E-state index in [1.165, 1.54) is 15.8 Å². The normalized spacial score (nSPS) is 18.8. The van der Waals surface area contributed by atoms with Gasteiger partial charge in [-0.15, -0.1) is 0 Å². The van der Waals surface area contributed by atoms with Crippen LogP contribution < -0.4 is 11.1 Å². The van der Waals surface area contributed by atoms with Crippen LogP contribution in [0, 0.1) is 0 Å². The number of carbonyl (C=O) groups is 1. The second-order valence-electron chi connectivity index (χ2n) is 7.38. The van der Waals surface area contributed by atoms with Crippen molar-refractivity contribution in [2.45, 2.75) is 44.6 Å². The van der Waals surface area contributed by atoms with Crippen molar-refractivity contribution in [1.29, 1.82) is 0 Å². The average molecular weight is 353 g/mol. The van der Waals surface area contributed by atoms with Crippen LogP contribution in [0.2, 0.25) is 0 Å². The first kappa shape index (κ1) is 17.1. The molecule has 1 aromatic carbocycles. The molecule has 6 nitrogen and oxygen atoms in total. The van der Waals surface area contributed by atoms with Gasteiger partial charge in [-0.25, -0.2) is 4.79 Å². The summed E-state index contributed by atoms with van der Waals surface area (Å²) in [5.41, 5.74) is 9.22. The molecule has 0 saturated carbocycles. The molecule has 4 rings (SSSR count). The van der Waals surface area contributed by atoms with Crippen molar-refractivity contribution in [2.24, 2.45) is 5.73 Å². The van der Waals surface area contributed by atoms with Crippen LogP contribution in [0.5, 0.6) is 0 Å². The van der Waals surface area contributed by atoms with Gasteiger partial charge in [-0.3, -0.25) is 4.90 Å². The van der Waals surface area contributed by atoms with Gasteiger partial charge in [0.2, 0.25) is 0 Å². The summed E-state index contributed by atoms with van der Waals surface area (Å²) in [7, 11) is 0. The lowest BCUT2D eigenvalue weighted by atomic mass is 9.90. The number of amides is 1. The van der Waals surface area contributed by atoms with E-state index in [2.05, 4.69) is 45.6 Å². The fourth-order valence-electron chi connectivity index (χ4n) is 4.22. The first-order valence-electron chi connectivity index (χ1n) is 9.64. The summed E-state index contributed by atoms with van der Waals surface area (Å²) < 4.78 is 1.38. The third-order valence-corrected chi connectivity index (χ3v) is 5.59. The third kappa shape index (κ3) is 3.46. The summed E-state index contributed by atoms with van der Waals surface area (Å²) in [6.45, 7) is 4.00. The SMILES string of the molecule is NC(=O)n1nc(C2CCN(Cc3ccccc3)CC2)c2c1NCCCC2. The maximum atomic E-state index is 11.8. The average Bonchev–Trinajstić information content (AvgIpc) is 2.85. The van der Waals surface area contributed by atoms with Gasteiger partial charge in [0.1, 0.15) is 5.82 Å². The van der Waals surface area contributed by atoms with Crippen LogP contribution >= 0.6 is 0 Å². The van der Waals surface area contributed by atoms with Gasteiger partial charge < -0.3 is 11.1 Å². The van der Waals surface area contributed by atoms with Crippen molar-refractivity contribution in [3.05, 3.63) is 47.2 Å². The van der Waals surface area contributed by atoms with E-state index in [0.717, 1.165) is 69.8 Å². The number of benzene rings is 1. The van der Waals surface area contributed by atoms with Crippen molar-refractivity contribution >= 4 is 11.8 Å². The van der Waals surface area contributed by atoms with E-state index in [1.54, 1.807) is 0 Å². The lowest BCUT2D eigenvalue weighted by molar-refractivity contribution is 0.202. The number of likely N-dealkylation sites (tertiary alicyclic amines) is 1. The Balaban J connectivity index is 1.48. The third-order valence-electron chi connectivity index (χ3n) is 5.59. The Hall–Kier alpha value is -2.34. The van der Waals surface area contributed by atoms with Crippen molar-refractivity contribution < 1.29 is 4.79 Å². The van der Waals surface area contributed by atoms with E-state index in [9.17, 15) is 4.79 Å². The Morgan fingerprint density at radius 2 is 1.96 bits per heavy atom. The van der Waals surface area contributed by atoms with E-state index >= 15 is 0 Å². The molecule has 6 heteroatoms. The van der Waals surface area contributed by atoms with Crippen LogP contribution in [0.15, 0.2) is 30.3 Å². The first-order valence-corrected chi connectivity index (χ1v) is 9.64. The van der Waals surface area contributed by atoms with Crippen LogP contribution in [0.4, 0.5) is 10.6 Å². The van der Waals surface area contributed by atoms with Gasteiger partial charge in [0.05, 0.1) is 5.69 Å². The molecule has 0 unspecified atom stereocenters. The van der Waals surface area contributed by atoms with Gasteiger partial charge >= 0.3 is 6.03 Å². The zero-order chi connectivity index (χ0) is 17.9. The molecule has 1 amide bonds. The van der Waals surface area contributed by atoms with E-state index in [-0.39, 0.29) is 0 Å². The standard InChI is InChI=1S/C20H27N5O/c21-20(26)25-19-17(8-4-5-11-22-19)18(23-25)16-9-12-24(13-10-16)14-15-6-2-1-3-7-15/h1-3,6-7,16,22H,4-5,8-14H2,(H2,21,26). The molecule has 3 N–H and O–H groups in total. The second-order valence-corrected chi connectivity index (χ2v) is 7.38. The smallest absolute Gasteiger partial charge is 0.341 e. The summed E-state index contributed by atoms with van der Waals surface area (Å²) in [6.07, 6.45) is 5.38. The quantitative estimate of drug-likeness (QED) is 0.889. The number of rotatable bonds is 3. The van der Waals surface area contributed by atoms with Gasteiger partial charge in [-0.05, 0) is 50.8 Å². The van der Waals surface area contributed by atoms with E-state index in [1.807, 2.05) is 0 Å². The number of carbonyl (C=O) groups excluding carboxylic acids is 1. The van der Waals surface area contributed by atoms with E-state index < -0.39 is 6.03 Å². The molecule has 0 radical (unpaired) electrons. The van der Waals surface area contributed by atoms with Crippen LogP contribution in [-0.2, 0) is 13.0 Å². The molecule has 2 aliphatic heterocycles. The predicted molar refractivity (Wildman–Crippen MR) is 102 cm³/mol. The van der Waals surface area contributed by atoms with E-state index in [0.29, 0.717) is 5.92 Å². The van der Waals surface area contributed by atoms with Crippen molar-refractivity contribution in [3.8, 4) is 0 Å². The van der Waals surface area contributed by atoms with Crippen molar-refractivity contribution in [2.75, 3.05) is 25.0 Å². The minimum absolute atomic E-state index is 0.413. The lowest BCUT2D eigenvalue weighted by Gasteiger charge is -2.31. The molecule has 2 aliphatic rings. The van der Waals surface area contributed by atoms with Gasteiger partial charge in [0, 0.05) is 24.6 Å². The Labute approximate surface area is 154 Å². The molecular weight excluding hydrogens is 326 g/mol. The number of aromatic nitrogens is 2.